The molecule has 0 amide bonds. The molecule has 2 aliphatic rings. The summed E-state index contributed by atoms with van der Waals surface area (Å²) in [6, 6.07) is 0. The van der Waals surface area contributed by atoms with Crippen LogP contribution in [0, 0.1) is 11.9 Å². The zero-order valence-corrected chi connectivity index (χ0v) is 21.0. The van der Waals surface area contributed by atoms with Crippen molar-refractivity contribution in [1.29, 1.82) is 0 Å². The van der Waals surface area contributed by atoms with Gasteiger partial charge in [-0.05, 0) is 25.3 Å². The van der Waals surface area contributed by atoms with Gasteiger partial charge in [0.25, 0.3) is 11.1 Å². The molecule has 1 saturated carbocycles. The first-order chi connectivity index (χ1) is 16.1. The van der Waals surface area contributed by atoms with Crippen LogP contribution in [-0.2, 0) is 26.4 Å². The molecule has 2 N–H and O–H groups in total. The molecule has 34 heavy (non-hydrogen) atoms. The van der Waals surface area contributed by atoms with Crippen molar-refractivity contribution in [3.05, 3.63) is 40.6 Å². The maximum atomic E-state index is 12.9. The van der Waals surface area contributed by atoms with Gasteiger partial charge in [-0.3, -0.25) is 4.90 Å². The number of hydrogen-bond acceptors (Lipinski definition) is 6. The molecular formula is C24H36F3N5OS. The summed E-state index contributed by atoms with van der Waals surface area (Å²) >= 11 is 1.43. The number of fused-ring (bicyclic) bond motifs is 1. The topological polar surface area (TPSA) is 69.2 Å². The van der Waals surface area contributed by atoms with E-state index in [9.17, 15) is 13.2 Å². The normalized spacial score (nSPS) is 17.1. The van der Waals surface area contributed by atoms with Gasteiger partial charge in [-0.25, -0.2) is 18.4 Å². The third kappa shape index (κ3) is 8.30. The predicted octanol–water partition coefficient (Wildman–Crippen LogP) is 5.08. The van der Waals surface area contributed by atoms with Crippen molar-refractivity contribution in [2.45, 2.75) is 70.8 Å². The van der Waals surface area contributed by atoms with E-state index in [1.807, 2.05) is 0 Å². The number of nitrogens with zero attached hydrogens (tertiary/aromatic N) is 4. The Bertz CT molecular complexity index is 934. The van der Waals surface area contributed by atoms with Gasteiger partial charge in [0, 0.05) is 49.6 Å². The number of nitrogens with two attached hydrogens (primary N) is 1. The highest BCUT2D eigenvalue weighted by Crippen LogP contribution is 2.32. The largest absolute Gasteiger partial charge is 0.464 e. The van der Waals surface area contributed by atoms with Crippen molar-refractivity contribution < 1.29 is 17.9 Å². The average molecular weight is 500 g/mol. The van der Waals surface area contributed by atoms with E-state index >= 15 is 0 Å². The highest BCUT2D eigenvalue weighted by Gasteiger charge is 2.26. The first-order valence-electron chi connectivity index (χ1n) is 11.9. The molecule has 0 atom stereocenters. The molecule has 3 heterocycles. The van der Waals surface area contributed by atoms with Crippen molar-refractivity contribution in [3.8, 4) is 5.19 Å². The first-order valence-corrected chi connectivity index (χ1v) is 12.7. The van der Waals surface area contributed by atoms with Crippen LogP contribution in [0.2, 0.25) is 0 Å². The number of hydrogen-bond donors (Lipinski definition) is 1. The number of ether oxygens (including phenoxy) is 1. The van der Waals surface area contributed by atoms with E-state index in [1.165, 1.54) is 68.0 Å². The van der Waals surface area contributed by atoms with Gasteiger partial charge >= 0.3 is 0 Å². The van der Waals surface area contributed by atoms with Crippen LogP contribution < -0.4 is 10.5 Å². The molecule has 190 valence electrons. The van der Waals surface area contributed by atoms with Crippen LogP contribution in [0.3, 0.4) is 0 Å². The van der Waals surface area contributed by atoms with Crippen molar-refractivity contribution in [3.63, 3.8) is 0 Å². The Morgan fingerprint density at radius 1 is 1.32 bits per heavy atom. The molecule has 1 aliphatic heterocycles. The van der Waals surface area contributed by atoms with E-state index in [-0.39, 0.29) is 5.95 Å². The summed E-state index contributed by atoms with van der Waals surface area (Å²) < 4.78 is 45.0. The van der Waals surface area contributed by atoms with E-state index in [1.54, 1.807) is 0 Å². The van der Waals surface area contributed by atoms with Crippen molar-refractivity contribution in [2.24, 2.45) is 18.7 Å². The summed E-state index contributed by atoms with van der Waals surface area (Å²) in [5, 5.41) is 4.11. The third-order valence-electron chi connectivity index (χ3n) is 6.17. The van der Waals surface area contributed by atoms with Crippen LogP contribution in [0.4, 0.5) is 13.2 Å². The third-order valence-corrected chi connectivity index (χ3v) is 7.24. The lowest BCUT2D eigenvalue weighted by molar-refractivity contribution is -0.0230. The lowest BCUT2D eigenvalue weighted by Gasteiger charge is -2.29. The van der Waals surface area contributed by atoms with E-state index in [0.717, 1.165) is 49.3 Å². The van der Waals surface area contributed by atoms with E-state index in [0.29, 0.717) is 22.9 Å². The van der Waals surface area contributed by atoms with Gasteiger partial charge < -0.3 is 10.5 Å². The molecule has 6 nitrogen and oxygen atoms in total. The molecule has 0 unspecified atom stereocenters. The molecule has 0 saturated heterocycles. The number of alkyl halides is 2. The van der Waals surface area contributed by atoms with Gasteiger partial charge in [-0.1, -0.05) is 50.0 Å². The molecule has 1 aliphatic carbocycles. The zero-order valence-electron chi connectivity index (χ0n) is 20.2. The van der Waals surface area contributed by atoms with Crippen molar-refractivity contribution >= 4 is 11.3 Å². The minimum atomic E-state index is -2.81. The standard InChI is InChI=1S/C17H26F2N2OS.C7H10FN3/c1-17(18,19)12-22-16-20-14-11-21(10-8-15(14)23-16)9-7-13-5-3-2-4-6-13;1-5(9)3-6-4-10-11(2)7(6)8/h13H,2-12H2,1H3;4H,1,3,9H2,2H3. The summed E-state index contributed by atoms with van der Waals surface area (Å²) in [6.45, 7) is 6.77. The Morgan fingerprint density at radius 2 is 2.06 bits per heavy atom. The van der Waals surface area contributed by atoms with Crippen molar-refractivity contribution in [1.82, 2.24) is 19.7 Å². The fraction of sp³-hybridized carbons (Fsp3) is 0.667. The minimum Gasteiger partial charge on any atom is -0.464 e. The smallest absolute Gasteiger partial charge is 0.278 e. The molecule has 2 aromatic heterocycles. The number of halogens is 3. The van der Waals surface area contributed by atoms with Gasteiger partial charge in [0.2, 0.25) is 5.95 Å². The van der Waals surface area contributed by atoms with Gasteiger partial charge in [0.05, 0.1) is 11.9 Å². The first kappa shape index (κ1) is 26.5. The second kappa shape index (κ2) is 12.1. The fourth-order valence-corrected chi connectivity index (χ4v) is 5.25. The molecule has 0 radical (unpaired) electrons. The molecule has 10 heteroatoms. The summed E-state index contributed by atoms with van der Waals surface area (Å²) in [6.07, 6.45) is 11.0. The van der Waals surface area contributed by atoms with E-state index in [4.69, 9.17) is 10.5 Å². The van der Waals surface area contributed by atoms with Crippen LogP contribution in [-0.4, -0.2) is 45.3 Å². The second-order valence-electron chi connectivity index (χ2n) is 9.45. The van der Waals surface area contributed by atoms with Crippen molar-refractivity contribution in [2.75, 3.05) is 19.7 Å². The molecule has 2 aromatic rings. The summed E-state index contributed by atoms with van der Waals surface area (Å²) in [7, 11) is 1.54. The molecule has 1 fully saturated rings. The maximum absolute atomic E-state index is 12.9. The van der Waals surface area contributed by atoms with Gasteiger partial charge in [0.15, 0.2) is 6.61 Å². The van der Waals surface area contributed by atoms with E-state index in [2.05, 4.69) is 21.6 Å². The van der Waals surface area contributed by atoms with Gasteiger partial charge in [0.1, 0.15) is 0 Å². The fourth-order valence-electron chi connectivity index (χ4n) is 4.34. The molecule has 0 bridgehead atoms. The number of aryl methyl sites for hydroxylation is 1. The Kier molecular flexibility index (Phi) is 9.41. The summed E-state index contributed by atoms with van der Waals surface area (Å²) in [5.74, 6) is -2.26. The van der Waals surface area contributed by atoms with Gasteiger partial charge in [-0.2, -0.15) is 9.49 Å². The Balaban J connectivity index is 0.000000248. The van der Waals surface area contributed by atoms with E-state index < -0.39 is 12.5 Å². The second-order valence-corrected chi connectivity index (χ2v) is 10.5. The van der Waals surface area contributed by atoms with Crippen LogP contribution in [0.25, 0.3) is 0 Å². The summed E-state index contributed by atoms with van der Waals surface area (Å²) in [4.78, 5) is 8.08. The molecular weight excluding hydrogens is 463 g/mol. The number of thiazole rings is 1. The van der Waals surface area contributed by atoms with Crippen LogP contribution in [0.15, 0.2) is 18.5 Å². The molecule has 0 aromatic carbocycles. The zero-order chi connectivity index (χ0) is 24.7. The van der Waals surface area contributed by atoms with Crippen LogP contribution in [0.1, 0.15) is 61.6 Å². The molecule has 4 rings (SSSR count). The number of allylic oxidation sites excluding steroid dienone is 1. The number of aromatic nitrogens is 3. The average Bonchev–Trinajstić information content (AvgIpc) is 3.34. The Labute approximate surface area is 204 Å². The minimum absolute atomic E-state index is 0.347. The monoisotopic (exact) mass is 499 g/mol. The maximum Gasteiger partial charge on any atom is 0.278 e. The lowest BCUT2D eigenvalue weighted by Crippen LogP contribution is -2.32. The lowest BCUT2D eigenvalue weighted by atomic mass is 9.87. The Hall–Kier alpha value is -2.07. The van der Waals surface area contributed by atoms with Crippen LogP contribution in [0.5, 0.6) is 5.19 Å². The predicted molar refractivity (Wildman–Crippen MR) is 129 cm³/mol. The van der Waals surface area contributed by atoms with Crippen LogP contribution >= 0.6 is 11.3 Å². The van der Waals surface area contributed by atoms with Gasteiger partial charge in [-0.15, -0.1) is 0 Å². The summed E-state index contributed by atoms with van der Waals surface area (Å²) in [5.41, 5.74) is 7.26. The SMILES string of the molecule is C=C(N)Cc1cnn(C)c1F.CC(F)(F)COc1nc2c(s1)CCN(CCC1CCCCC1)C2. The highest BCUT2D eigenvalue weighted by atomic mass is 32.1. The highest BCUT2D eigenvalue weighted by molar-refractivity contribution is 7.13. The number of rotatable bonds is 8. The Morgan fingerprint density at radius 3 is 2.68 bits per heavy atom. The quantitative estimate of drug-likeness (QED) is 0.549. The molecule has 0 spiro atoms.